The molecule has 1 aromatic carbocycles. The summed E-state index contributed by atoms with van der Waals surface area (Å²) in [4.78, 5) is 34.1. The first-order valence-corrected chi connectivity index (χ1v) is 9.53. The number of benzene rings is 1. The summed E-state index contributed by atoms with van der Waals surface area (Å²) in [6, 6.07) is 8.05. The van der Waals surface area contributed by atoms with Gasteiger partial charge in [0.05, 0.1) is 10.9 Å². The zero-order valence-electron chi connectivity index (χ0n) is 16.7. The van der Waals surface area contributed by atoms with Crippen molar-refractivity contribution in [1.29, 1.82) is 0 Å². The van der Waals surface area contributed by atoms with Gasteiger partial charge >= 0.3 is 0 Å². The van der Waals surface area contributed by atoms with Gasteiger partial charge in [-0.1, -0.05) is 12.1 Å². The Bertz CT molecular complexity index is 1120. The first kappa shape index (κ1) is 18.3. The number of amides is 1. The van der Waals surface area contributed by atoms with Crippen molar-refractivity contribution in [2.24, 2.45) is 7.05 Å². The van der Waals surface area contributed by atoms with E-state index in [0.29, 0.717) is 29.7 Å². The maximum absolute atomic E-state index is 13.2. The number of anilines is 1. The lowest BCUT2D eigenvalue weighted by atomic mass is 10.1. The molecule has 0 saturated carbocycles. The van der Waals surface area contributed by atoms with Gasteiger partial charge in [0, 0.05) is 44.6 Å². The van der Waals surface area contributed by atoms with Crippen LogP contribution < -0.4 is 10.5 Å². The Labute approximate surface area is 163 Å². The molecule has 1 aliphatic rings. The highest BCUT2D eigenvalue weighted by atomic mass is 16.2. The summed E-state index contributed by atoms with van der Waals surface area (Å²) in [6.45, 7) is 8.89. The van der Waals surface area contributed by atoms with E-state index in [2.05, 4.69) is 47.0 Å². The van der Waals surface area contributed by atoms with Crippen LogP contribution in [0, 0.1) is 20.8 Å². The van der Waals surface area contributed by atoms with E-state index < -0.39 is 0 Å². The van der Waals surface area contributed by atoms with Crippen LogP contribution in [-0.4, -0.2) is 51.8 Å². The maximum atomic E-state index is 13.2. The molecule has 1 fully saturated rings. The second-order valence-corrected chi connectivity index (χ2v) is 7.51. The van der Waals surface area contributed by atoms with Crippen LogP contribution >= 0.6 is 0 Å². The second-order valence-electron chi connectivity index (χ2n) is 7.51. The molecule has 7 heteroatoms. The molecule has 0 aliphatic carbocycles. The molecular weight excluding hydrogens is 354 g/mol. The molecule has 4 rings (SSSR count). The van der Waals surface area contributed by atoms with E-state index in [0.717, 1.165) is 18.8 Å². The predicted molar refractivity (Wildman–Crippen MR) is 110 cm³/mol. The summed E-state index contributed by atoms with van der Waals surface area (Å²) in [5.41, 5.74) is 5.18. The van der Waals surface area contributed by atoms with E-state index in [1.54, 1.807) is 17.8 Å². The summed E-state index contributed by atoms with van der Waals surface area (Å²) in [7, 11) is 1.73. The lowest BCUT2D eigenvalue weighted by Gasteiger charge is -2.37. The van der Waals surface area contributed by atoms with E-state index in [1.807, 2.05) is 11.8 Å². The number of H-pyrrole nitrogens is 1. The van der Waals surface area contributed by atoms with Crippen LogP contribution in [0.5, 0.6) is 0 Å². The third-order valence-electron chi connectivity index (χ3n) is 5.66. The number of piperazine rings is 1. The minimum Gasteiger partial charge on any atom is -0.368 e. The van der Waals surface area contributed by atoms with Gasteiger partial charge < -0.3 is 9.80 Å². The molecule has 1 N–H and O–H groups in total. The van der Waals surface area contributed by atoms with Crippen LogP contribution in [0.1, 0.15) is 27.2 Å². The third-order valence-corrected chi connectivity index (χ3v) is 5.66. The first-order valence-electron chi connectivity index (χ1n) is 9.53. The van der Waals surface area contributed by atoms with Gasteiger partial charge in [-0.3, -0.25) is 19.4 Å². The Hall–Kier alpha value is -3.09. The zero-order chi connectivity index (χ0) is 20.0. The summed E-state index contributed by atoms with van der Waals surface area (Å²) < 4.78 is 1.57. The van der Waals surface area contributed by atoms with Gasteiger partial charge in [-0.25, -0.2) is 4.98 Å². The van der Waals surface area contributed by atoms with Crippen molar-refractivity contribution in [2.75, 3.05) is 31.1 Å². The highest BCUT2D eigenvalue weighted by Crippen LogP contribution is 2.25. The van der Waals surface area contributed by atoms with Crippen LogP contribution in [0.2, 0.25) is 0 Å². The lowest BCUT2D eigenvalue weighted by Crippen LogP contribution is -2.49. The van der Waals surface area contributed by atoms with Crippen LogP contribution in [0.15, 0.2) is 29.1 Å². The van der Waals surface area contributed by atoms with Crippen molar-refractivity contribution < 1.29 is 4.79 Å². The molecule has 0 atom stereocenters. The summed E-state index contributed by atoms with van der Waals surface area (Å²) >= 11 is 0. The van der Waals surface area contributed by atoms with Crippen molar-refractivity contribution in [2.45, 2.75) is 20.8 Å². The van der Waals surface area contributed by atoms with Crippen molar-refractivity contribution in [3.63, 3.8) is 0 Å². The lowest BCUT2D eigenvalue weighted by molar-refractivity contribution is 0.0748. The average molecular weight is 379 g/mol. The molecular formula is C21H25N5O2. The second kappa shape index (κ2) is 6.82. The Kier molecular flexibility index (Phi) is 4.45. The number of aryl methyl sites for hydroxylation is 3. The van der Waals surface area contributed by atoms with Crippen LogP contribution in [0.4, 0.5) is 5.69 Å². The molecule has 0 bridgehead atoms. The van der Waals surface area contributed by atoms with Crippen molar-refractivity contribution in [1.82, 2.24) is 19.7 Å². The number of carbonyl (C=O) groups is 1. The highest BCUT2D eigenvalue weighted by molar-refractivity contribution is 6.05. The van der Waals surface area contributed by atoms with Gasteiger partial charge in [0.25, 0.3) is 11.5 Å². The van der Waals surface area contributed by atoms with Crippen LogP contribution in [0.25, 0.3) is 11.0 Å². The summed E-state index contributed by atoms with van der Waals surface area (Å²) in [5, 5.41) is 3.07. The smallest absolute Gasteiger partial charge is 0.274 e. The van der Waals surface area contributed by atoms with Gasteiger partial charge in [-0.2, -0.15) is 0 Å². The van der Waals surface area contributed by atoms with Crippen molar-refractivity contribution in [3.05, 3.63) is 57.0 Å². The zero-order valence-corrected chi connectivity index (χ0v) is 16.7. The molecule has 28 heavy (non-hydrogen) atoms. The molecule has 7 nitrogen and oxygen atoms in total. The number of rotatable bonds is 2. The number of aromatic amines is 1. The van der Waals surface area contributed by atoms with E-state index in [-0.39, 0.29) is 11.5 Å². The average Bonchev–Trinajstić information content (AvgIpc) is 2.96. The molecule has 0 spiro atoms. The largest absolute Gasteiger partial charge is 0.368 e. The molecule has 146 valence electrons. The fourth-order valence-corrected chi connectivity index (χ4v) is 3.95. The highest BCUT2D eigenvalue weighted by Gasteiger charge is 2.26. The SMILES string of the molecule is Cc1cc(C(=O)N2CCN(c3cccc(C)c3C)CC2)c2c(=O)[nH]n(C)c2n1. The summed E-state index contributed by atoms with van der Waals surface area (Å²) in [6.07, 6.45) is 0. The monoisotopic (exact) mass is 379 g/mol. The molecule has 0 radical (unpaired) electrons. The number of hydrogen-bond donors (Lipinski definition) is 1. The number of fused-ring (bicyclic) bond motifs is 1. The maximum Gasteiger partial charge on any atom is 0.274 e. The molecule has 0 unspecified atom stereocenters. The number of hydrogen-bond acceptors (Lipinski definition) is 4. The Balaban J connectivity index is 1.59. The van der Waals surface area contributed by atoms with Crippen LogP contribution in [-0.2, 0) is 7.05 Å². The van der Waals surface area contributed by atoms with E-state index >= 15 is 0 Å². The van der Waals surface area contributed by atoms with Crippen molar-refractivity contribution >= 4 is 22.6 Å². The Morgan fingerprint density at radius 1 is 1.11 bits per heavy atom. The minimum atomic E-state index is -0.276. The van der Waals surface area contributed by atoms with Gasteiger partial charge in [-0.05, 0) is 44.0 Å². The fourth-order valence-electron chi connectivity index (χ4n) is 3.95. The fraction of sp³-hybridized carbons (Fsp3) is 0.381. The van der Waals surface area contributed by atoms with Gasteiger partial charge in [-0.15, -0.1) is 0 Å². The van der Waals surface area contributed by atoms with Gasteiger partial charge in [0.2, 0.25) is 0 Å². The number of pyridine rings is 1. The summed E-state index contributed by atoms with van der Waals surface area (Å²) in [5.74, 6) is -0.104. The van der Waals surface area contributed by atoms with E-state index in [1.165, 1.54) is 16.8 Å². The number of nitrogens with one attached hydrogen (secondary N) is 1. The molecule has 1 aliphatic heterocycles. The molecule has 3 aromatic rings. The third kappa shape index (κ3) is 2.96. The number of aromatic nitrogens is 3. The number of carbonyl (C=O) groups excluding carboxylic acids is 1. The quantitative estimate of drug-likeness (QED) is 0.740. The Morgan fingerprint density at radius 2 is 1.82 bits per heavy atom. The number of nitrogens with zero attached hydrogens (tertiary/aromatic N) is 4. The van der Waals surface area contributed by atoms with Crippen molar-refractivity contribution in [3.8, 4) is 0 Å². The minimum absolute atomic E-state index is 0.104. The standard InChI is InChI=1S/C21H25N5O2/c1-13-6-5-7-17(15(13)3)25-8-10-26(11-9-25)21(28)16-12-14(2)22-19-18(16)20(27)23-24(19)4/h5-7,12H,8-11H2,1-4H3,(H,23,27). The predicted octanol–water partition coefficient (Wildman–Crippen LogP) is 2.15. The van der Waals surface area contributed by atoms with Gasteiger partial charge in [0.15, 0.2) is 5.65 Å². The molecule has 2 aromatic heterocycles. The Morgan fingerprint density at radius 3 is 2.54 bits per heavy atom. The van der Waals surface area contributed by atoms with Crippen LogP contribution in [0.3, 0.4) is 0 Å². The van der Waals surface area contributed by atoms with Gasteiger partial charge in [0.1, 0.15) is 0 Å². The molecule has 1 saturated heterocycles. The first-order chi connectivity index (χ1) is 13.4. The topological polar surface area (TPSA) is 74.2 Å². The molecule has 3 heterocycles. The van der Waals surface area contributed by atoms with E-state index in [9.17, 15) is 9.59 Å². The normalized spacial score (nSPS) is 14.7. The molecule has 1 amide bonds. The van der Waals surface area contributed by atoms with E-state index in [4.69, 9.17) is 0 Å².